The van der Waals surface area contributed by atoms with Gasteiger partial charge in [0.2, 0.25) is 0 Å². The zero-order chi connectivity index (χ0) is 14.7. The summed E-state index contributed by atoms with van der Waals surface area (Å²) >= 11 is 12.1. The molecule has 3 N–H and O–H groups in total. The molecule has 0 bridgehead atoms. The van der Waals surface area contributed by atoms with Crippen LogP contribution in [0.4, 0.5) is 5.69 Å². The van der Waals surface area contributed by atoms with Crippen molar-refractivity contribution in [2.75, 3.05) is 11.9 Å². The second-order valence-corrected chi connectivity index (χ2v) is 5.14. The van der Waals surface area contributed by atoms with Crippen LogP contribution in [0.5, 0.6) is 0 Å². The molecular formula is C13H14Cl2N4O. The molecule has 0 fully saturated rings. The molecule has 2 aromatic rings. The van der Waals surface area contributed by atoms with Crippen molar-refractivity contribution in [1.29, 1.82) is 0 Å². The van der Waals surface area contributed by atoms with E-state index in [4.69, 9.17) is 28.9 Å². The van der Waals surface area contributed by atoms with Gasteiger partial charge < -0.3 is 15.6 Å². The van der Waals surface area contributed by atoms with Crippen molar-refractivity contribution in [2.45, 2.75) is 13.5 Å². The molecule has 1 aromatic carbocycles. The quantitative estimate of drug-likeness (QED) is 0.911. The average Bonchev–Trinajstić information content (AvgIpc) is 2.85. The SMILES string of the molecule is Cc1cc(Cl)c(NC(=O)c2cn(CCN)cn2)cc1Cl. The third-order valence-corrected chi connectivity index (χ3v) is 3.47. The van der Waals surface area contributed by atoms with Crippen LogP contribution in [0.15, 0.2) is 24.7 Å². The van der Waals surface area contributed by atoms with Crippen LogP contribution < -0.4 is 11.1 Å². The average molecular weight is 313 g/mol. The Hall–Kier alpha value is -1.56. The Labute approximate surface area is 126 Å². The summed E-state index contributed by atoms with van der Waals surface area (Å²) < 4.78 is 1.75. The van der Waals surface area contributed by atoms with Gasteiger partial charge in [0.15, 0.2) is 0 Å². The van der Waals surface area contributed by atoms with Gasteiger partial charge in [0.25, 0.3) is 5.91 Å². The maximum atomic E-state index is 12.1. The van der Waals surface area contributed by atoms with Crippen molar-refractivity contribution >= 4 is 34.8 Å². The third-order valence-electron chi connectivity index (χ3n) is 2.75. The molecule has 1 amide bonds. The van der Waals surface area contributed by atoms with Gasteiger partial charge in [0, 0.05) is 24.3 Å². The lowest BCUT2D eigenvalue weighted by Crippen LogP contribution is -2.13. The van der Waals surface area contributed by atoms with Gasteiger partial charge in [-0.15, -0.1) is 0 Å². The van der Waals surface area contributed by atoms with Crippen molar-refractivity contribution in [1.82, 2.24) is 9.55 Å². The molecule has 7 heteroatoms. The van der Waals surface area contributed by atoms with E-state index < -0.39 is 0 Å². The minimum Gasteiger partial charge on any atom is -0.335 e. The lowest BCUT2D eigenvalue weighted by molar-refractivity contribution is 0.102. The predicted molar refractivity (Wildman–Crippen MR) is 80.4 cm³/mol. The van der Waals surface area contributed by atoms with Crippen LogP contribution in [-0.4, -0.2) is 22.0 Å². The number of imidazole rings is 1. The van der Waals surface area contributed by atoms with Crippen molar-refractivity contribution in [3.63, 3.8) is 0 Å². The topological polar surface area (TPSA) is 72.9 Å². The fourth-order valence-corrected chi connectivity index (χ4v) is 2.11. The molecule has 0 spiro atoms. The summed E-state index contributed by atoms with van der Waals surface area (Å²) in [6.07, 6.45) is 3.19. The second-order valence-electron chi connectivity index (χ2n) is 4.32. The lowest BCUT2D eigenvalue weighted by atomic mass is 10.2. The zero-order valence-corrected chi connectivity index (χ0v) is 12.4. The van der Waals surface area contributed by atoms with Crippen molar-refractivity contribution < 1.29 is 4.79 Å². The zero-order valence-electron chi connectivity index (χ0n) is 10.9. The van der Waals surface area contributed by atoms with Crippen LogP contribution in [0, 0.1) is 6.92 Å². The van der Waals surface area contributed by atoms with E-state index in [2.05, 4.69) is 10.3 Å². The first-order valence-corrected chi connectivity index (χ1v) is 6.75. The Morgan fingerprint density at radius 2 is 2.15 bits per heavy atom. The number of benzene rings is 1. The molecule has 0 aliphatic heterocycles. The molecule has 5 nitrogen and oxygen atoms in total. The first kappa shape index (κ1) is 14.8. The summed E-state index contributed by atoms with van der Waals surface area (Å²) in [5.41, 5.74) is 7.04. The Balaban J connectivity index is 2.16. The highest BCUT2D eigenvalue weighted by atomic mass is 35.5. The standard InChI is InChI=1S/C13H14Cl2N4O/c1-8-4-10(15)11(5-9(8)14)18-13(20)12-6-19(3-2-16)7-17-12/h4-7H,2-3,16H2,1H3,(H,18,20). The fourth-order valence-electron chi connectivity index (χ4n) is 1.68. The Kier molecular flexibility index (Phi) is 4.65. The number of nitrogens with two attached hydrogens (primary N) is 1. The predicted octanol–water partition coefficient (Wildman–Crippen LogP) is 2.71. The van der Waals surface area contributed by atoms with Crippen molar-refractivity contribution in [2.24, 2.45) is 5.73 Å². The summed E-state index contributed by atoms with van der Waals surface area (Å²) in [6.45, 7) is 2.93. The smallest absolute Gasteiger partial charge is 0.275 e. The summed E-state index contributed by atoms with van der Waals surface area (Å²) in [7, 11) is 0. The maximum Gasteiger partial charge on any atom is 0.275 e. The molecule has 0 aliphatic rings. The summed E-state index contributed by atoms with van der Waals surface area (Å²) in [6, 6.07) is 3.32. The summed E-state index contributed by atoms with van der Waals surface area (Å²) in [4.78, 5) is 16.1. The number of nitrogens with one attached hydrogen (secondary N) is 1. The molecule has 106 valence electrons. The highest BCUT2D eigenvalue weighted by Gasteiger charge is 2.12. The largest absolute Gasteiger partial charge is 0.335 e. The number of hydrogen-bond donors (Lipinski definition) is 2. The number of rotatable bonds is 4. The minimum absolute atomic E-state index is 0.297. The summed E-state index contributed by atoms with van der Waals surface area (Å²) in [5.74, 6) is -0.345. The van der Waals surface area contributed by atoms with E-state index in [0.717, 1.165) is 5.56 Å². The van der Waals surface area contributed by atoms with E-state index in [1.165, 1.54) is 0 Å². The molecule has 1 heterocycles. The molecular weight excluding hydrogens is 299 g/mol. The number of anilines is 1. The number of nitrogens with zero attached hydrogens (tertiary/aromatic N) is 2. The molecule has 2 rings (SSSR count). The van der Waals surface area contributed by atoms with Gasteiger partial charge in [-0.3, -0.25) is 4.79 Å². The lowest BCUT2D eigenvalue weighted by Gasteiger charge is -2.08. The van der Waals surface area contributed by atoms with Gasteiger partial charge in [-0.1, -0.05) is 23.2 Å². The first-order chi connectivity index (χ1) is 9.51. The monoisotopic (exact) mass is 312 g/mol. The molecule has 0 saturated carbocycles. The van der Waals surface area contributed by atoms with Crippen molar-refractivity contribution in [3.8, 4) is 0 Å². The molecule has 0 aliphatic carbocycles. The van der Waals surface area contributed by atoms with Crippen LogP contribution >= 0.6 is 23.2 Å². The second kappa shape index (κ2) is 6.26. The molecule has 20 heavy (non-hydrogen) atoms. The van der Waals surface area contributed by atoms with Crippen LogP contribution in [0.1, 0.15) is 16.1 Å². The van der Waals surface area contributed by atoms with E-state index in [-0.39, 0.29) is 5.91 Å². The Morgan fingerprint density at radius 3 is 2.85 bits per heavy atom. The maximum absolute atomic E-state index is 12.1. The van der Waals surface area contributed by atoms with E-state index in [9.17, 15) is 4.79 Å². The minimum atomic E-state index is -0.345. The highest BCUT2D eigenvalue weighted by Crippen LogP contribution is 2.29. The molecule has 1 aromatic heterocycles. The van der Waals surface area contributed by atoms with E-state index in [1.54, 1.807) is 29.2 Å². The van der Waals surface area contributed by atoms with Crippen LogP contribution in [0.25, 0.3) is 0 Å². The van der Waals surface area contributed by atoms with Crippen LogP contribution in [0.2, 0.25) is 10.0 Å². The number of hydrogen-bond acceptors (Lipinski definition) is 3. The Bertz CT molecular complexity index is 639. The first-order valence-electron chi connectivity index (χ1n) is 6.00. The van der Waals surface area contributed by atoms with Crippen LogP contribution in [0.3, 0.4) is 0 Å². The number of carbonyl (C=O) groups excluding carboxylic acids is 1. The molecule has 0 saturated heterocycles. The van der Waals surface area contributed by atoms with Crippen molar-refractivity contribution in [3.05, 3.63) is 46.0 Å². The number of halogens is 2. The summed E-state index contributed by atoms with van der Waals surface area (Å²) in [5, 5.41) is 3.66. The highest BCUT2D eigenvalue weighted by molar-refractivity contribution is 6.36. The fraction of sp³-hybridized carbons (Fsp3) is 0.231. The number of amides is 1. The van der Waals surface area contributed by atoms with Gasteiger partial charge in [-0.05, 0) is 24.6 Å². The van der Waals surface area contributed by atoms with Gasteiger partial charge in [0.05, 0.1) is 17.0 Å². The number of aryl methyl sites for hydroxylation is 1. The van der Waals surface area contributed by atoms with E-state index >= 15 is 0 Å². The van der Waals surface area contributed by atoms with Gasteiger partial charge in [-0.2, -0.15) is 0 Å². The van der Waals surface area contributed by atoms with Gasteiger partial charge >= 0.3 is 0 Å². The Morgan fingerprint density at radius 1 is 1.40 bits per heavy atom. The molecule has 0 unspecified atom stereocenters. The van der Waals surface area contributed by atoms with Crippen LogP contribution in [-0.2, 0) is 6.54 Å². The number of aromatic nitrogens is 2. The van der Waals surface area contributed by atoms with Gasteiger partial charge in [-0.25, -0.2) is 4.98 Å². The molecule has 0 atom stereocenters. The number of carbonyl (C=O) groups is 1. The molecule has 0 radical (unpaired) electrons. The third kappa shape index (κ3) is 3.30. The normalized spacial score (nSPS) is 10.6. The van der Waals surface area contributed by atoms with E-state index in [0.29, 0.717) is 34.5 Å². The van der Waals surface area contributed by atoms with E-state index in [1.807, 2.05) is 6.92 Å². The van der Waals surface area contributed by atoms with Gasteiger partial charge in [0.1, 0.15) is 5.69 Å².